The Morgan fingerprint density at radius 3 is 2.81 bits per heavy atom. The molecule has 1 N–H and O–H groups in total. The standard InChI is InChI=1S/C21H20N2O2S/c1-26-19(21(25)23-13-11-15-8-5-12-22-20(15)23)18(24)17-10-4-7-14-6-2-3-9-16(14)17/h2-10,12,18-19,24H,11,13H2,1H3/t18-,19-/m1/s1. The van der Waals surface area contributed by atoms with Gasteiger partial charge in [-0.15, -0.1) is 11.8 Å². The van der Waals surface area contributed by atoms with Gasteiger partial charge in [-0.2, -0.15) is 0 Å². The summed E-state index contributed by atoms with van der Waals surface area (Å²) >= 11 is 1.38. The maximum absolute atomic E-state index is 13.2. The molecule has 2 atom stereocenters. The fourth-order valence-electron chi connectivity index (χ4n) is 3.61. The first-order valence-electron chi connectivity index (χ1n) is 8.64. The van der Waals surface area contributed by atoms with E-state index in [1.807, 2.05) is 60.9 Å². The van der Waals surface area contributed by atoms with Gasteiger partial charge in [0, 0.05) is 12.7 Å². The lowest BCUT2D eigenvalue weighted by molar-refractivity contribution is -0.119. The molecule has 0 saturated carbocycles. The number of carbonyl (C=O) groups excluding carboxylic acids is 1. The minimum absolute atomic E-state index is 0.0876. The van der Waals surface area contributed by atoms with E-state index in [4.69, 9.17) is 0 Å². The Labute approximate surface area is 156 Å². The number of anilines is 1. The van der Waals surface area contributed by atoms with Crippen LogP contribution in [0.25, 0.3) is 10.8 Å². The van der Waals surface area contributed by atoms with Crippen molar-refractivity contribution in [3.63, 3.8) is 0 Å². The minimum Gasteiger partial charge on any atom is -0.387 e. The molecule has 0 bridgehead atoms. The molecule has 0 aliphatic carbocycles. The van der Waals surface area contributed by atoms with Crippen LogP contribution >= 0.6 is 11.8 Å². The van der Waals surface area contributed by atoms with Crippen molar-refractivity contribution in [3.05, 3.63) is 71.9 Å². The molecule has 3 aromatic rings. The third kappa shape index (κ3) is 2.87. The van der Waals surface area contributed by atoms with Gasteiger partial charge in [0.2, 0.25) is 5.91 Å². The lowest BCUT2D eigenvalue weighted by atomic mass is 9.98. The highest BCUT2D eigenvalue weighted by Crippen LogP contribution is 2.34. The van der Waals surface area contributed by atoms with Crippen molar-refractivity contribution in [2.24, 2.45) is 0 Å². The number of rotatable bonds is 4. The van der Waals surface area contributed by atoms with E-state index in [0.717, 1.165) is 34.1 Å². The van der Waals surface area contributed by atoms with Crippen LogP contribution in [0.1, 0.15) is 17.2 Å². The smallest absolute Gasteiger partial charge is 0.244 e. The van der Waals surface area contributed by atoms with E-state index in [9.17, 15) is 9.90 Å². The number of thioether (sulfide) groups is 1. The number of aliphatic hydroxyl groups is 1. The zero-order valence-electron chi connectivity index (χ0n) is 14.5. The molecule has 0 fully saturated rings. The highest BCUT2D eigenvalue weighted by molar-refractivity contribution is 8.00. The van der Waals surface area contributed by atoms with E-state index in [2.05, 4.69) is 4.98 Å². The van der Waals surface area contributed by atoms with Crippen LogP contribution in [0, 0.1) is 0 Å². The van der Waals surface area contributed by atoms with Crippen molar-refractivity contribution < 1.29 is 9.90 Å². The van der Waals surface area contributed by atoms with Gasteiger partial charge in [-0.1, -0.05) is 48.5 Å². The second-order valence-corrected chi connectivity index (χ2v) is 7.37. The molecule has 0 spiro atoms. The van der Waals surface area contributed by atoms with Crippen LogP contribution in [-0.2, 0) is 11.2 Å². The lowest BCUT2D eigenvalue weighted by Gasteiger charge is -2.26. The average molecular weight is 364 g/mol. The molecule has 0 unspecified atom stereocenters. The molecule has 0 radical (unpaired) electrons. The molecule has 132 valence electrons. The van der Waals surface area contributed by atoms with Gasteiger partial charge in [0.1, 0.15) is 17.2 Å². The summed E-state index contributed by atoms with van der Waals surface area (Å²) in [6.07, 6.45) is 3.50. The van der Waals surface area contributed by atoms with E-state index in [1.54, 1.807) is 11.1 Å². The Bertz CT molecular complexity index is 954. The predicted molar refractivity (Wildman–Crippen MR) is 107 cm³/mol. The summed E-state index contributed by atoms with van der Waals surface area (Å²) in [5, 5.41) is 12.5. The molecule has 4 nitrogen and oxygen atoms in total. The third-order valence-corrected chi connectivity index (χ3v) is 5.89. The Hall–Kier alpha value is -2.37. The summed E-state index contributed by atoms with van der Waals surface area (Å²) in [6, 6.07) is 17.7. The highest BCUT2D eigenvalue weighted by atomic mass is 32.2. The van der Waals surface area contributed by atoms with Crippen LogP contribution in [0.3, 0.4) is 0 Å². The monoisotopic (exact) mass is 364 g/mol. The van der Waals surface area contributed by atoms with Gasteiger partial charge < -0.3 is 5.11 Å². The van der Waals surface area contributed by atoms with Gasteiger partial charge in [0.15, 0.2) is 0 Å². The van der Waals surface area contributed by atoms with E-state index >= 15 is 0 Å². The van der Waals surface area contributed by atoms with E-state index in [0.29, 0.717) is 6.54 Å². The van der Waals surface area contributed by atoms with Crippen molar-refractivity contribution in [1.82, 2.24) is 4.98 Å². The molecule has 0 saturated heterocycles. The van der Waals surface area contributed by atoms with Crippen LogP contribution in [0.4, 0.5) is 5.82 Å². The molecule has 1 aliphatic rings. The second kappa shape index (κ2) is 7.09. The van der Waals surface area contributed by atoms with Crippen molar-refractivity contribution in [1.29, 1.82) is 0 Å². The fraction of sp³-hybridized carbons (Fsp3) is 0.238. The topological polar surface area (TPSA) is 53.4 Å². The summed E-state index contributed by atoms with van der Waals surface area (Å²) in [4.78, 5) is 19.3. The largest absolute Gasteiger partial charge is 0.387 e. The van der Waals surface area contributed by atoms with E-state index in [-0.39, 0.29) is 5.91 Å². The average Bonchev–Trinajstić information content (AvgIpc) is 3.12. The second-order valence-electron chi connectivity index (χ2n) is 6.40. The van der Waals surface area contributed by atoms with Crippen molar-refractivity contribution in [2.45, 2.75) is 17.8 Å². The third-order valence-electron chi connectivity index (χ3n) is 4.92. The Morgan fingerprint density at radius 2 is 1.96 bits per heavy atom. The van der Waals surface area contributed by atoms with Crippen LogP contribution in [0.15, 0.2) is 60.8 Å². The molecule has 5 heteroatoms. The highest BCUT2D eigenvalue weighted by Gasteiger charge is 2.35. The Balaban J connectivity index is 1.68. The first-order chi connectivity index (χ1) is 12.7. The van der Waals surface area contributed by atoms with Crippen LogP contribution in [0.5, 0.6) is 0 Å². The number of hydrogen-bond donors (Lipinski definition) is 1. The zero-order valence-corrected chi connectivity index (χ0v) is 15.3. The molecular formula is C21H20N2O2S. The number of benzene rings is 2. The van der Waals surface area contributed by atoms with Gasteiger partial charge in [-0.25, -0.2) is 4.98 Å². The lowest BCUT2D eigenvalue weighted by Crippen LogP contribution is -2.40. The number of aromatic nitrogens is 1. The number of amides is 1. The van der Waals surface area contributed by atoms with Gasteiger partial charge in [0.05, 0.1) is 0 Å². The van der Waals surface area contributed by atoms with Crippen LogP contribution < -0.4 is 4.90 Å². The van der Waals surface area contributed by atoms with E-state index in [1.165, 1.54) is 11.8 Å². The molecule has 1 aliphatic heterocycles. The van der Waals surface area contributed by atoms with Crippen molar-refractivity contribution in [2.75, 3.05) is 17.7 Å². The van der Waals surface area contributed by atoms with Gasteiger partial charge >= 0.3 is 0 Å². The van der Waals surface area contributed by atoms with Crippen LogP contribution in [-0.4, -0.2) is 34.0 Å². The van der Waals surface area contributed by atoms with Gasteiger partial charge in [0.25, 0.3) is 0 Å². The van der Waals surface area contributed by atoms with E-state index < -0.39 is 11.4 Å². The Morgan fingerprint density at radius 1 is 1.15 bits per heavy atom. The first-order valence-corrected chi connectivity index (χ1v) is 9.93. The van der Waals surface area contributed by atoms with Crippen molar-refractivity contribution in [3.8, 4) is 0 Å². The molecule has 2 aromatic carbocycles. The SMILES string of the molecule is CS[C@@H](C(=O)N1CCc2cccnc21)[C@H](O)c1cccc2ccccc12. The molecular weight excluding hydrogens is 344 g/mol. The summed E-state index contributed by atoms with van der Waals surface area (Å²) in [5.41, 5.74) is 1.87. The number of pyridine rings is 1. The Kier molecular flexibility index (Phi) is 4.66. The maximum Gasteiger partial charge on any atom is 0.244 e. The summed E-state index contributed by atoms with van der Waals surface area (Å²) in [5.74, 6) is 0.636. The quantitative estimate of drug-likeness (QED) is 0.769. The number of fused-ring (bicyclic) bond motifs is 2. The maximum atomic E-state index is 13.2. The molecule has 26 heavy (non-hydrogen) atoms. The molecule has 1 aromatic heterocycles. The first kappa shape index (κ1) is 17.1. The minimum atomic E-state index is -0.878. The van der Waals surface area contributed by atoms with Gasteiger partial charge in [-0.05, 0) is 40.6 Å². The van der Waals surface area contributed by atoms with Gasteiger partial charge in [-0.3, -0.25) is 9.69 Å². The normalized spacial score (nSPS) is 15.7. The summed E-state index contributed by atoms with van der Waals surface area (Å²) in [6.45, 7) is 0.616. The fourth-order valence-corrected chi connectivity index (χ4v) is 4.34. The molecule has 4 rings (SSSR count). The predicted octanol–water partition coefficient (Wildman–Crippen LogP) is 3.59. The molecule has 2 heterocycles. The van der Waals surface area contributed by atoms with Crippen LogP contribution in [0.2, 0.25) is 0 Å². The summed E-state index contributed by atoms with van der Waals surface area (Å²) in [7, 11) is 0. The number of aliphatic hydroxyl groups excluding tert-OH is 1. The molecule has 1 amide bonds. The summed E-state index contributed by atoms with van der Waals surface area (Å²) < 4.78 is 0. The number of carbonyl (C=O) groups is 1. The zero-order chi connectivity index (χ0) is 18.1. The number of nitrogens with zero attached hydrogens (tertiary/aromatic N) is 2. The van der Waals surface area contributed by atoms with Crippen molar-refractivity contribution >= 4 is 34.3 Å². The number of hydrogen-bond acceptors (Lipinski definition) is 4.